The fraction of sp³-hybridized carbons (Fsp3) is 0.556. The molecule has 2 heterocycles. The van der Waals surface area contributed by atoms with Crippen molar-refractivity contribution < 1.29 is 26.9 Å². The average molecular weight is 673 g/mol. The Hall–Kier alpha value is -2.32. The van der Waals surface area contributed by atoms with E-state index in [-0.39, 0.29) is 25.8 Å². The number of aliphatic hydroxyl groups excluding tert-OH is 1. The van der Waals surface area contributed by atoms with Gasteiger partial charge in [-0.05, 0) is 43.7 Å². The van der Waals surface area contributed by atoms with Gasteiger partial charge in [-0.1, -0.05) is 32.9 Å². The maximum absolute atomic E-state index is 14.4. The number of amides is 3. The van der Waals surface area contributed by atoms with Gasteiger partial charge in [0.25, 0.3) is 5.91 Å². The van der Waals surface area contributed by atoms with Crippen LogP contribution < -0.4 is 13.7 Å². The summed E-state index contributed by atoms with van der Waals surface area (Å²) in [6, 6.07) is 3.26. The number of nitrogens with zero attached hydrogens (tertiary/aromatic N) is 2. The van der Waals surface area contributed by atoms with E-state index >= 15 is 0 Å². The first-order valence-electron chi connectivity index (χ1n) is 12.9. The second-order valence-corrected chi connectivity index (χ2v) is 12.8. The summed E-state index contributed by atoms with van der Waals surface area (Å²) in [5, 5.41) is 15.9. The predicted octanol–water partition coefficient (Wildman–Crippen LogP) is 4.02. The highest BCUT2D eigenvalue weighted by atomic mass is 127. The predicted molar refractivity (Wildman–Crippen MR) is 154 cm³/mol. The van der Waals surface area contributed by atoms with E-state index < -0.39 is 53.0 Å². The minimum atomic E-state index is -1.94. The Kier molecular flexibility index (Phi) is 8.58. The minimum Gasteiger partial charge on any atom is -0.427 e. The van der Waals surface area contributed by atoms with Gasteiger partial charge in [-0.15, -0.1) is 11.3 Å². The van der Waals surface area contributed by atoms with Gasteiger partial charge in [0.2, 0.25) is 11.8 Å². The maximum atomic E-state index is 14.4. The zero-order chi connectivity index (χ0) is 28.7. The number of alkyl halides is 1. The molecule has 1 aromatic carbocycles. The fourth-order valence-corrected chi connectivity index (χ4v) is 5.97. The van der Waals surface area contributed by atoms with E-state index in [1.54, 1.807) is 49.3 Å². The topological polar surface area (TPSA) is 121 Å². The number of carbonyl (C=O) groups is 3. The number of rotatable bonds is 8. The highest BCUT2D eigenvalue weighted by Crippen LogP contribution is 2.40. The number of thiazole rings is 1. The van der Waals surface area contributed by atoms with Gasteiger partial charge >= 0.3 is 0 Å². The highest BCUT2D eigenvalue weighted by Gasteiger charge is 2.53. The summed E-state index contributed by atoms with van der Waals surface area (Å²) < 4.78 is 20.0. The Labute approximate surface area is 245 Å². The number of aliphatic hydroxyl groups is 1. The van der Waals surface area contributed by atoms with E-state index in [1.807, 2.05) is 32.0 Å². The Bertz CT molecular complexity index is 1260. The van der Waals surface area contributed by atoms with Crippen molar-refractivity contribution in [1.82, 2.24) is 20.5 Å². The molecule has 0 spiro atoms. The van der Waals surface area contributed by atoms with Crippen molar-refractivity contribution in [3.8, 4) is 16.2 Å². The lowest BCUT2D eigenvalue weighted by Crippen LogP contribution is -2.59. The Morgan fingerprint density at radius 2 is 1.97 bits per heavy atom. The monoisotopic (exact) mass is 672 g/mol. The number of halogens is 2. The summed E-state index contributed by atoms with van der Waals surface area (Å²) in [7, 11) is 0. The number of aromatic nitrogens is 1. The van der Waals surface area contributed by atoms with E-state index in [2.05, 4.69) is 15.6 Å². The normalized spacial score (nSPS) is 21.7. The van der Waals surface area contributed by atoms with Gasteiger partial charge in [0.15, 0.2) is 28.7 Å². The summed E-state index contributed by atoms with van der Waals surface area (Å²) in [6.07, 6.45) is -0.588. The van der Waals surface area contributed by atoms with Crippen LogP contribution in [0.25, 0.3) is 10.4 Å². The van der Waals surface area contributed by atoms with Crippen LogP contribution in [-0.2, 0) is 14.4 Å². The number of carbonyl (C=O) groups excluding carboxylic acids is 3. The summed E-state index contributed by atoms with van der Waals surface area (Å²) in [6.45, 7) is 8.99. The summed E-state index contributed by atoms with van der Waals surface area (Å²) in [5.74, 6) is -1.18. The van der Waals surface area contributed by atoms with Crippen molar-refractivity contribution in [1.29, 1.82) is 0 Å². The second-order valence-electron chi connectivity index (χ2n) is 11.5. The second kappa shape index (κ2) is 11.3. The van der Waals surface area contributed by atoms with Crippen molar-refractivity contribution in [3.63, 3.8) is 0 Å². The van der Waals surface area contributed by atoms with Crippen LogP contribution in [-0.4, -0.2) is 63.1 Å². The average Bonchev–Trinajstić information content (AvgIpc) is 3.28. The van der Waals surface area contributed by atoms with E-state index in [1.165, 1.54) is 16.2 Å². The summed E-state index contributed by atoms with van der Waals surface area (Å²) in [5.41, 5.74) is 1.72. The van der Waals surface area contributed by atoms with E-state index in [4.69, 9.17) is 3.07 Å². The van der Waals surface area contributed by atoms with Crippen LogP contribution in [0.3, 0.4) is 0 Å². The van der Waals surface area contributed by atoms with Crippen LogP contribution in [0.2, 0.25) is 0 Å². The van der Waals surface area contributed by atoms with Crippen LogP contribution in [0.1, 0.15) is 64.3 Å². The molecule has 212 valence electrons. The first-order chi connectivity index (χ1) is 18.2. The van der Waals surface area contributed by atoms with Crippen LogP contribution in [0.4, 0.5) is 4.39 Å². The number of hydrogen-bond acceptors (Lipinski definition) is 7. The van der Waals surface area contributed by atoms with Crippen molar-refractivity contribution >= 4 is 52.1 Å². The lowest BCUT2D eigenvalue weighted by Gasteiger charge is -2.35. The van der Waals surface area contributed by atoms with Crippen LogP contribution in [0, 0.1) is 12.3 Å². The third kappa shape index (κ3) is 6.37. The summed E-state index contributed by atoms with van der Waals surface area (Å²) in [4.78, 5) is 46.2. The molecule has 2 aromatic rings. The van der Waals surface area contributed by atoms with Gasteiger partial charge in [-0.3, -0.25) is 14.4 Å². The first kappa shape index (κ1) is 29.7. The smallest absolute Gasteiger partial charge is 0.258 e. The standard InChI is InChI=1S/C27H34FIN4O5S/c1-14(18-7-6-16(10-20(18)38-29)21-15(2)30-13-39-21)31-23(35)19-11-17(34)12-33(19)24(36)22(26(3,4)5)32-25(37)27(28)8-9-27/h6-7,10,13-14,17,19,22,34H,8-9,11-12H2,1-5H3,(H,31,35)(H,32,37)/t14-,17+,19?,22+/m0/s1. The zero-order valence-corrected chi connectivity index (χ0v) is 25.6. The Balaban J connectivity index is 1.51. The molecule has 3 amide bonds. The van der Waals surface area contributed by atoms with E-state index in [9.17, 15) is 23.9 Å². The molecule has 3 N–H and O–H groups in total. The van der Waals surface area contributed by atoms with Crippen molar-refractivity contribution in [2.75, 3.05) is 6.54 Å². The molecule has 1 saturated carbocycles. The van der Waals surface area contributed by atoms with Gasteiger partial charge in [-0.25, -0.2) is 9.37 Å². The molecule has 2 aliphatic rings. The molecule has 1 aliphatic carbocycles. The molecule has 4 rings (SSSR count). The number of benzene rings is 1. The van der Waals surface area contributed by atoms with Crippen molar-refractivity contribution in [2.45, 2.75) is 83.8 Å². The van der Waals surface area contributed by atoms with E-state index in [0.29, 0.717) is 5.75 Å². The number of β-amino-alcohol motifs (C(OH)–C–C–N with tert-alkyl or cyclic N) is 1. The molecule has 12 heteroatoms. The van der Waals surface area contributed by atoms with Gasteiger partial charge in [-0.2, -0.15) is 0 Å². The molecule has 1 saturated heterocycles. The summed E-state index contributed by atoms with van der Waals surface area (Å²) >= 11 is 3.34. The van der Waals surface area contributed by atoms with Gasteiger partial charge < -0.3 is 23.7 Å². The Morgan fingerprint density at radius 1 is 1.28 bits per heavy atom. The van der Waals surface area contributed by atoms with E-state index in [0.717, 1.165) is 21.7 Å². The zero-order valence-electron chi connectivity index (χ0n) is 22.6. The molecule has 9 nitrogen and oxygen atoms in total. The number of nitrogens with one attached hydrogen (secondary N) is 2. The minimum absolute atomic E-state index is 0.0560. The van der Waals surface area contributed by atoms with Gasteiger partial charge in [0, 0.05) is 18.5 Å². The molecule has 4 atom stereocenters. The largest absolute Gasteiger partial charge is 0.427 e. The lowest BCUT2D eigenvalue weighted by atomic mass is 9.85. The number of likely N-dealkylation sites (tertiary alicyclic amines) is 1. The molecule has 0 radical (unpaired) electrons. The number of hydrogen-bond donors (Lipinski definition) is 3. The van der Waals surface area contributed by atoms with Crippen LogP contribution >= 0.6 is 34.3 Å². The van der Waals surface area contributed by atoms with Crippen molar-refractivity contribution in [3.05, 3.63) is 35.0 Å². The SMILES string of the molecule is Cc1ncsc1-c1ccc([C@H](C)NC(=O)C2C[C@@H](O)CN2C(=O)[C@@H](NC(=O)C2(F)CC2)C(C)(C)C)c(OI)c1. The molecule has 0 bridgehead atoms. The third-order valence-electron chi connectivity index (χ3n) is 7.28. The van der Waals surface area contributed by atoms with Crippen molar-refractivity contribution in [2.24, 2.45) is 5.41 Å². The molecule has 39 heavy (non-hydrogen) atoms. The molecule has 1 aromatic heterocycles. The quantitative estimate of drug-likeness (QED) is 0.365. The Morgan fingerprint density at radius 3 is 2.54 bits per heavy atom. The lowest BCUT2D eigenvalue weighted by molar-refractivity contribution is -0.145. The fourth-order valence-electron chi connectivity index (χ4n) is 4.78. The van der Waals surface area contributed by atoms with Gasteiger partial charge in [0.1, 0.15) is 17.8 Å². The molecular formula is C27H34FIN4O5S. The van der Waals surface area contributed by atoms with Crippen LogP contribution in [0.15, 0.2) is 23.7 Å². The molecular weight excluding hydrogens is 638 g/mol. The highest BCUT2D eigenvalue weighted by molar-refractivity contribution is 14.1. The molecule has 1 aliphatic heterocycles. The van der Waals surface area contributed by atoms with Crippen LogP contribution in [0.5, 0.6) is 5.75 Å². The molecule has 1 unspecified atom stereocenters. The number of aryl methyl sites for hydroxylation is 1. The van der Waals surface area contributed by atoms with Gasteiger partial charge in [0.05, 0.1) is 28.2 Å². The first-order valence-corrected chi connectivity index (χ1v) is 14.6. The maximum Gasteiger partial charge on any atom is 0.258 e. The molecule has 2 fully saturated rings. The third-order valence-corrected chi connectivity index (χ3v) is 8.73.